The Morgan fingerprint density at radius 1 is 1.12 bits per heavy atom. The van der Waals surface area contributed by atoms with Gasteiger partial charge in [0.1, 0.15) is 11.4 Å². The summed E-state index contributed by atoms with van der Waals surface area (Å²) in [5.74, 6) is 0.745. The normalized spacial score (nSPS) is 22.5. The number of imidazole rings is 1. The van der Waals surface area contributed by atoms with Crippen LogP contribution in [0.1, 0.15) is 49.9 Å². The van der Waals surface area contributed by atoms with E-state index in [9.17, 15) is 9.59 Å². The Labute approximate surface area is 188 Å². The summed E-state index contributed by atoms with van der Waals surface area (Å²) < 4.78 is 8.49. The Kier molecular flexibility index (Phi) is 5.87. The van der Waals surface area contributed by atoms with E-state index >= 15 is 0 Å². The third-order valence-corrected chi connectivity index (χ3v) is 7.00. The van der Waals surface area contributed by atoms with E-state index in [0.717, 1.165) is 24.2 Å². The molecule has 3 heterocycles. The lowest BCUT2D eigenvalue weighted by atomic mass is 9.88. The Morgan fingerprint density at radius 2 is 1.88 bits per heavy atom. The molecule has 3 aliphatic rings. The van der Waals surface area contributed by atoms with E-state index in [4.69, 9.17) is 4.74 Å². The molecule has 3 amide bonds. The third-order valence-electron chi connectivity index (χ3n) is 7.00. The van der Waals surface area contributed by atoms with Gasteiger partial charge in [0, 0.05) is 50.9 Å². The third kappa shape index (κ3) is 4.24. The van der Waals surface area contributed by atoms with Crippen molar-refractivity contribution in [2.24, 2.45) is 0 Å². The number of hydrogen-bond acceptors (Lipinski definition) is 4. The molecule has 1 saturated heterocycles. The maximum Gasteiger partial charge on any atom is 0.317 e. The number of urea groups is 1. The first kappa shape index (κ1) is 21.0. The topological polar surface area (TPSA) is 88.5 Å². The van der Waals surface area contributed by atoms with E-state index in [2.05, 4.69) is 15.6 Å². The molecule has 2 aromatic rings. The van der Waals surface area contributed by atoms with Crippen molar-refractivity contribution in [2.75, 3.05) is 13.1 Å². The molecule has 8 heteroatoms. The summed E-state index contributed by atoms with van der Waals surface area (Å²) in [5, 5.41) is 6.18. The molecule has 0 radical (unpaired) electrons. The van der Waals surface area contributed by atoms with E-state index in [1.165, 1.54) is 12.8 Å². The molecule has 170 valence electrons. The predicted molar refractivity (Wildman–Crippen MR) is 119 cm³/mol. The minimum absolute atomic E-state index is 0.0167. The lowest BCUT2D eigenvalue weighted by molar-refractivity contribution is -0.172. The van der Waals surface area contributed by atoms with Gasteiger partial charge < -0.3 is 24.8 Å². The van der Waals surface area contributed by atoms with Crippen LogP contribution in [-0.4, -0.2) is 51.6 Å². The summed E-state index contributed by atoms with van der Waals surface area (Å²) in [6.07, 6.45) is 8.89. The Bertz CT molecular complexity index is 946. The second-order valence-corrected chi connectivity index (χ2v) is 9.13. The number of rotatable bonds is 4. The number of carbonyl (C=O) groups excluding carboxylic acids is 2. The maximum atomic E-state index is 13.0. The number of nitrogens with zero attached hydrogens (tertiary/aromatic N) is 3. The fourth-order valence-corrected chi connectivity index (χ4v) is 5.18. The largest absolute Gasteiger partial charge is 0.352 e. The van der Waals surface area contributed by atoms with Gasteiger partial charge in [-0.1, -0.05) is 43.2 Å². The summed E-state index contributed by atoms with van der Waals surface area (Å²) in [5.41, 5.74) is 0.414. The molecule has 0 bridgehead atoms. The molecule has 1 atom stereocenters. The van der Waals surface area contributed by atoms with Crippen LogP contribution in [0.3, 0.4) is 0 Å². The van der Waals surface area contributed by atoms with Crippen LogP contribution in [0, 0.1) is 0 Å². The van der Waals surface area contributed by atoms with Gasteiger partial charge in [-0.3, -0.25) is 4.79 Å². The number of benzene rings is 1. The summed E-state index contributed by atoms with van der Waals surface area (Å²) in [7, 11) is 0. The van der Waals surface area contributed by atoms with Crippen LogP contribution in [0.25, 0.3) is 0 Å². The van der Waals surface area contributed by atoms with E-state index in [0.29, 0.717) is 45.1 Å². The number of carbonyl (C=O) groups is 2. The molecular formula is C24H31N5O3. The van der Waals surface area contributed by atoms with Crippen molar-refractivity contribution in [1.29, 1.82) is 0 Å². The maximum absolute atomic E-state index is 13.0. The zero-order chi connectivity index (χ0) is 22.0. The Hall–Kier alpha value is -2.87. The number of hydrogen-bond donors (Lipinski definition) is 2. The molecule has 2 fully saturated rings. The van der Waals surface area contributed by atoms with Crippen molar-refractivity contribution >= 4 is 11.9 Å². The molecule has 1 spiro atoms. The molecule has 5 rings (SSSR count). The van der Waals surface area contributed by atoms with E-state index in [-0.39, 0.29) is 11.9 Å². The molecule has 2 aliphatic heterocycles. The standard InChI is InChI=1S/C24H31N5O3/c30-21(26-16-18-6-2-1-3-7-18)20-17-29-15-12-25-22(29)24(32-20)10-13-28(14-11-24)23(31)27-19-8-4-5-9-19/h1-3,6-7,12,15,19-20H,4-5,8-11,13-14,16-17H2,(H,26,30)(H,27,31). The van der Waals surface area contributed by atoms with Crippen LogP contribution < -0.4 is 10.6 Å². The molecular weight excluding hydrogens is 406 g/mol. The summed E-state index contributed by atoms with van der Waals surface area (Å²) in [6.45, 7) is 2.09. The van der Waals surface area contributed by atoms with Crippen molar-refractivity contribution in [2.45, 2.75) is 69.4 Å². The van der Waals surface area contributed by atoms with Crippen molar-refractivity contribution in [3.8, 4) is 0 Å². The molecule has 1 aromatic carbocycles. The van der Waals surface area contributed by atoms with Crippen molar-refractivity contribution in [1.82, 2.24) is 25.1 Å². The first-order chi connectivity index (χ1) is 15.6. The monoisotopic (exact) mass is 437 g/mol. The van der Waals surface area contributed by atoms with Crippen molar-refractivity contribution in [3.05, 3.63) is 54.1 Å². The SMILES string of the molecule is O=C(NCc1ccccc1)C1Cn2ccnc2C2(CCN(C(=O)NC3CCCC3)CC2)O1. The molecule has 2 N–H and O–H groups in total. The molecule has 1 aromatic heterocycles. The van der Waals surface area contributed by atoms with Crippen LogP contribution >= 0.6 is 0 Å². The smallest absolute Gasteiger partial charge is 0.317 e. The van der Waals surface area contributed by atoms with E-state index < -0.39 is 11.7 Å². The molecule has 1 unspecified atom stereocenters. The van der Waals surface area contributed by atoms with Gasteiger partial charge in [0.05, 0.1) is 6.54 Å². The quantitative estimate of drug-likeness (QED) is 0.769. The minimum Gasteiger partial charge on any atom is -0.352 e. The van der Waals surface area contributed by atoms with Gasteiger partial charge in [0.2, 0.25) is 0 Å². The summed E-state index contributed by atoms with van der Waals surface area (Å²) in [6, 6.07) is 10.2. The number of aromatic nitrogens is 2. The second-order valence-electron chi connectivity index (χ2n) is 9.13. The van der Waals surface area contributed by atoms with Gasteiger partial charge in [-0.15, -0.1) is 0 Å². The van der Waals surface area contributed by atoms with Crippen molar-refractivity contribution < 1.29 is 14.3 Å². The first-order valence-corrected chi connectivity index (χ1v) is 11.7. The van der Waals surface area contributed by atoms with Crippen molar-refractivity contribution in [3.63, 3.8) is 0 Å². The molecule has 32 heavy (non-hydrogen) atoms. The lowest BCUT2D eigenvalue weighted by Gasteiger charge is -2.45. The van der Waals surface area contributed by atoms with Crippen LogP contribution in [0.4, 0.5) is 4.79 Å². The van der Waals surface area contributed by atoms with E-state index in [1.807, 2.05) is 46.0 Å². The lowest BCUT2D eigenvalue weighted by Crippen LogP contribution is -2.56. The van der Waals surface area contributed by atoms with Crippen LogP contribution in [0.2, 0.25) is 0 Å². The summed E-state index contributed by atoms with van der Waals surface area (Å²) >= 11 is 0. The van der Waals surface area contributed by atoms with Crippen LogP contribution in [0.15, 0.2) is 42.7 Å². The second kappa shape index (κ2) is 8.94. The highest BCUT2D eigenvalue weighted by Crippen LogP contribution is 2.40. The van der Waals surface area contributed by atoms with Gasteiger partial charge >= 0.3 is 6.03 Å². The number of amides is 3. The average Bonchev–Trinajstić information content (AvgIpc) is 3.51. The van der Waals surface area contributed by atoms with Crippen LogP contribution in [0.5, 0.6) is 0 Å². The number of fused-ring (bicyclic) bond motifs is 2. The van der Waals surface area contributed by atoms with Gasteiger partial charge in [-0.2, -0.15) is 0 Å². The summed E-state index contributed by atoms with van der Waals surface area (Å²) in [4.78, 5) is 32.1. The Morgan fingerprint density at radius 3 is 2.62 bits per heavy atom. The highest BCUT2D eigenvalue weighted by Gasteiger charge is 2.47. The number of piperidine rings is 1. The minimum atomic E-state index is -0.638. The average molecular weight is 438 g/mol. The fraction of sp³-hybridized carbons (Fsp3) is 0.542. The number of likely N-dealkylation sites (tertiary alicyclic amines) is 1. The van der Waals surface area contributed by atoms with E-state index in [1.54, 1.807) is 6.20 Å². The molecule has 8 nitrogen and oxygen atoms in total. The molecule has 1 saturated carbocycles. The van der Waals surface area contributed by atoms with Gasteiger partial charge in [-0.25, -0.2) is 9.78 Å². The van der Waals surface area contributed by atoms with Gasteiger partial charge in [-0.05, 0) is 18.4 Å². The number of ether oxygens (including phenoxy) is 1. The first-order valence-electron chi connectivity index (χ1n) is 11.7. The van der Waals surface area contributed by atoms with Crippen LogP contribution in [-0.2, 0) is 28.2 Å². The number of nitrogens with one attached hydrogen (secondary N) is 2. The highest BCUT2D eigenvalue weighted by molar-refractivity contribution is 5.81. The Balaban J connectivity index is 1.23. The highest BCUT2D eigenvalue weighted by atomic mass is 16.5. The molecule has 1 aliphatic carbocycles. The zero-order valence-electron chi connectivity index (χ0n) is 18.3. The predicted octanol–water partition coefficient (Wildman–Crippen LogP) is 2.54. The van der Waals surface area contributed by atoms with Gasteiger partial charge in [0.15, 0.2) is 6.10 Å². The fourth-order valence-electron chi connectivity index (χ4n) is 5.18. The zero-order valence-corrected chi connectivity index (χ0v) is 18.3. The van der Waals surface area contributed by atoms with Gasteiger partial charge in [0.25, 0.3) is 5.91 Å².